The number of hydrogen-bond donors (Lipinski definition) is 1. The lowest BCUT2D eigenvalue weighted by Crippen LogP contribution is -2.35. The number of rotatable bonds is 6. The van der Waals surface area contributed by atoms with Crippen molar-refractivity contribution in [2.24, 2.45) is 0 Å². The van der Waals surface area contributed by atoms with E-state index in [0.717, 1.165) is 37.9 Å². The Balaban J connectivity index is 1.59. The van der Waals surface area contributed by atoms with Crippen LogP contribution in [0.4, 0.5) is 4.39 Å². The Bertz CT molecular complexity index is 874. The Morgan fingerprint density at radius 1 is 0.963 bits per heavy atom. The van der Waals surface area contributed by atoms with Gasteiger partial charge >= 0.3 is 0 Å². The summed E-state index contributed by atoms with van der Waals surface area (Å²) in [6, 6.07) is 12.0. The molecule has 0 saturated carbocycles. The lowest BCUT2D eigenvalue weighted by molar-refractivity contribution is 0.0724. The van der Waals surface area contributed by atoms with Gasteiger partial charge in [0.2, 0.25) is 10.0 Å². The molecule has 0 aliphatic carbocycles. The molecule has 2 aromatic carbocycles. The molecule has 0 unspecified atom stereocenters. The van der Waals surface area contributed by atoms with Gasteiger partial charge in [-0.05, 0) is 67.6 Å². The first-order valence-electron chi connectivity index (χ1n) is 9.09. The van der Waals surface area contributed by atoms with E-state index in [2.05, 4.69) is 4.72 Å². The quantitative estimate of drug-likeness (QED) is 0.825. The molecule has 0 aromatic heterocycles. The highest BCUT2D eigenvalue weighted by atomic mass is 32.2. The SMILES string of the molecule is O=C(c1ccc(S(=O)(=O)NCCc2ccc(F)cc2)cc1)N1CCCCC1. The van der Waals surface area contributed by atoms with Crippen molar-refractivity contribution in [2.45, 2.75) is 30.6 Å². The first-order chi connectivity index (χ1) is 13.0. The van der Waals surface area contributed by atoms with Gasteiger partial charge in [-0.2, -0.15) is 0 Å². The van der Waals surface area contributed by atoms with E-state index in [1.807, 2.05) is 4.90 Å². The number of nitrogens with zero attached hydrogens (tertiary/aromatic N) is 1. The minimum absolute atomic E-state index is 0.0529. The van der Waals surface area contributed by atoms with Crippen LogP contribution in [0.3, 0.4) is 0 Å². The van der Waals surface area contributed by atoms with Crippen LogP contribution in [0.2, 0.25) is 0 Å². The standard InChI is InChI=1S/C20H23FN2O3S/c21-18-8-4-16(5-9-18)12-13-22-27(25,26)19-10-6-17(7-11-19)20(24)23-14-2-1-3-15-23/h4-11,22H,1-3,12-15H2. The fourth-order valence-corrected chi connectivity index (χ4v) is 4.15. The molecule has 2 aromatic rings. The molecule has 1 amide bonds. The molecule has 7 heteroatoms. The molecule has 5 nitrogen and oxygen atoms in total. The molecule has 1 aliphatic heterocycles. The van der Waals surface area contributed by atoms with E-state index in [9.17, 15) is 17.6 Å². The van der Waals surface area contributed by atoms with Crippen LogP contribution in [0, 0.1) is 5.82 Å². The van der Waals surface area contributed by atoms with Gasteiger partial charge in [-0.25, -0.2) is 17.5 Å². The number of halogens is 1. The molecule has 1 aliphatic rings. The molecule has 27 heavy (non-hydrogen) atoms. The van der Waals surface area contributed by atoms with E-state index in [1.165, 1.54) is 24.3 Å². The van der Waals surface area contributed by atoms with E-state index >= 15 is 0 Å². The van der Waals surface area contributed by atoms with Crippen molar-refractivity contribution in [3.63, 3.8) is 0 Å². The second-order valence-electron chi connectivity index (χ2n) is 6.65. The van der Waals surface area contributed by atoms with Crippen LogP contribution in [0.1, 0.15) is 35.2 Å². The van der Waals surface area contributed by atoms with Crippen LogP contribution >= 0.6 is 0 Å². The molecule has 0 radical (unpaired) electrons. The number of carbonyl (C=O) groups excluding carboxylic acids is 1. The highest BCUT2D eigenvalue weighted by Gasteiger charge is 2.19. The van der Waals surface area contributed by atoms with Gasteiger partial charge < -0.3 is 4.90 Å². The first kappa shape index (κ1) is 19.5. The van der Waals surface area contributed by atoms with E-state index < -0.39 is 10.0 Å². The van der Waals surface area contributed by atoms with Gasteiger partial charge in [0.15, 0.2) is 0 Å². The number of benzene rings is 2. The second-order valence-corrected chi connectivity index (χ2v) is 8.42. The molecule has 1 heterocycles. The predicted molar refractivity (Wildman–Crippen MR) is 101 cm³/mol. The Kier molecular flexibility index (Phi) is 6.23. The molecular formula is C20H23FN2O3S. The Morgan fingerprint density at radius 3 is 2.22 bits per heavy atom. The molecule has 0 spiro atoms. The van der Waals surface area contributed by atoms with Gasteiger partial charge in [-0.15, -0.1) is 0 Å². The monoisotopic (exact) mass is 390 g/mol. The molecule has 1 fully saturated rings. The van der Waals surface area contributed by atoms with Crippen LogP contribution in [0.25, 0.3) is 0 Å². The third-order valence-electron chi connectivity index (χ3n) is 4.67. The minimum Gasteiger partial charge on any atom is -0.339 e. The average molecular weight is 390 g/mol. The number of carbonyl (C=O) groups is 1. The summed E-state index contributed by atoms with van der Waals surface area (Å²) >= 11 is 0. The Labute approximate surface area is 159 Å². The molecule has 0 bridgehead atoms. The van der Waals surface area contributed by atoms with E-state index in [0.29, 0.717) is 12.0 Å². The van der Waals surface area contributed by atoms with Gasteiger partial charge in [0.25, 0.3) is 5.91 Å². The van der Waals surface area contributed by atoms with Crippen LogP contribution < -0.4 is 4.72 Å². The third kappa shape index (κ3) is 5.14. The van der Waals surface area contributed by atoms with E-state index in [-0.39, 0.29) is 23.2 Å². The van der Waals surface area contributed by atoms with Gasteiger partial charge in [-0.3, -0.25) is 4.79 Å². The molecule has 1 N–H and O–H groups in total. The van der Waals surface area contributed by atoms with Gasteiger partial charge in [-0.1, -0.05) is 12.1 Å². The second kappa shape index (κ2) is 8.63. The number of hydrogen-bond acceptors (Lipinski definition) is 3. The lowest BCUT2D eigenvalue weighted by Gasteiger charge is -2.26. The summed E-state index contributed by atoms with van der Waals surface area (Å²) in [5, 5.41) is 0. The van der Waals surface area contributed by atoms with Crippen molar-refractivity contribution < 1.29 is 17.6 Å². The zero-order chi connectivity index (χ0) is 19.3. The lowest BCUT2D eigenvalue weighted by atomic mass is 10.1. The third-order valence-corrected chi connectivity index (χ3v) is 6.15. The molecule has 3 rings (SSSR count). The maximum absolute atomic E-state index is 12.9. The average Bonchev–Trinajstić information content (AvgIpc) is 2.69. The number of likely N-dealkylation sites (tertiary alicyclic amines) is 1. The number of piperidine rings is 1. The summed E-state index contributed by atoms with van der Waals surface area (Å²) in [6.45, 7) is 1.72. The zero-order valence-corrected chi connectivity index (χ0v) is 15.8. The Morgan fingerprint density at radius 2 is 1.59 bits per heavy atom. The summed E-state index contributed by atoms with van der Waals surface area (Å²) in [5.74, 6) is -0.374. The minimum atomic E-state index is -3.65. The van der Waals surface area contributed by atoms with Gasteiger partial charge in [0, 0.05) is 25.2 Å². The number of amides is 1. The highest BCUT2D eigenvalue weighted by Crippen LogP contribution is 2.16. The summed E-state index contributed by atoms with van der Waals surface area (Å²) < 4.78 is 40.2. The summed E-state index contributed by atoms with van der Waals surface area (Å²) in [5.41, 5.74) is 1.35. The molecule has 0 atom stereocenters. The maximum atomic E-state index is 12.9. The van der Waals surface area contributed by atoms with E-state index in [1.54, 1.807) is 24.3 Å². The van der Waals surface area contributed by atoms with Crippen molar-refractivity contribution >= 4 is 15.9 Å². The molecular weight excluding hydrogens is 367 g/mol. The highest BCUT2D eigenvalue weighted by molar-refractivity contribution is 7.89. The topological polar surface area (TPSA) is 66.5 Å². The predicted octanol–water partition coefficient (Wildman–Crippen LogP) is 2.97. The van der Waals surface area contributed by atoms with Crippen molar-refractivity contribution in [3.05, 3.63) is 65.5 Å². The van der Waals surface area contributed by atoms with Crippen molar-refractivity contribution in [3.8, 4) is 0 Å². The largest absolute Gasteiger partial charge is 0.339 e. The molecule has 144 valence electrons. The maximum Gasteiger partial charge on any atom is 0.253 e. The normalized spacial score (nSPS) is 14.9. The van der Waals surface area contributed by atoms with Crippen LogP contribution in [-0.4, -0.2) is 38.9 Å². The van der Waals surface area contributed by atoms with E-state index in [4.69, 9.17) is 0 Å². The van der Waals surface area contributed by atoms with Crippen molar-refractivity contribution in [2.75, 3.05) is 19.6 Å². The fourth-order valence-electron chi connectivity index (χ4n) is 3.12. The smallest absolute Gasteiger partial charge is 0.253 e. The van der Waals surface area contributed by atoms with Crippen LogP contribution in [-0.2, 0) is 16.4 Å². The number of nitrogens with one attached hydrogen (secondary N) is 1. The summed E-state index contributed by atoms with van der Waals surface area (Å²) in [7, 11) is -3.65. The fraction of sp³-hybridized carbons (Fsp3) is 0.350. The summed E-state index contributed by atoms with van der Waals surface area (Å²) in [6.07, 6.45) is 3.63. The van der Waals surface area contributed by atoms with Gasteiger partial charge in [0.1, 0.15) is 5.82 Å². The first-order valence-corrected chi connectivity index (χ1v) is 10.6. The van der Waals surface area contributed by atoms with Crippen LogP contribution in [0.5, 0.6) is 0 Å². The Hall–Kier alpha value is -2.25. The van der Waals surface area contributed by atoms with Gasteiger partial charge in [0.05, 0.1) is 4.90 Å². The zero-order valence-electron chi connectivity index (χ0n) is 15.0. The molecule has 1 saturated heterocycles. The van der Waals surface area contributed by atoms with Crippen LogP contribution in [0.15, 0.2) is 53.4 Å². The van der Waals surface area contributed by atoms with Crippen molar-refractivity contribution in [1.29, 1.82) is 0 Å². The van der Waals surface area contributed by atoms with Crippen molar-refractivity contribution in [1.82, 2.24) is 9.62 Å². The summed E-state index contributed by atoms with van der Waals surface area (Å²) in [4.78, 5) is 14.4. The number of sulfonamides is 1.